The summed E-state index contributed by atoms with van der Waals surface area (Å²) in [4.78, 5) is 0. The van der Waals surface area contributed by atoms with E-state index in [-0.39, 0.29) is 11.3 Å². The van der Waals surface area contributed by atoms with Crippen molar-refractivity contribution in [1.82, 2.24) is 0 Å². The Morgan fingerprint density at radius 3 is 1.89 bits per heavy atom. The molecular weight excluding hydrogens is 228 g/mol. The molecule has 0 aliphatic heterocycles. The average molecular weight is 254 g/mol. The third kappa shape index (κ3) is 1.53. The van der Waals surface area contributed by atoms with Crippen molar-refractivity contribution in [2.24, 2.45) is 17.3 Å². The van der Waals surface area contributed by atoms with Crippen molar-refractivity contribution in [3.8, 4) is 0 Å². The molecule has 4 rings (SSSR count). The molecule has 4 aliphatic carbocycles. The number of hydrogen-bond donors (Lipinski definition) is 3. The molecule has 4 fully saturated rings. The molecule has 104 valence electrons. The predicted octanol–water partition coefficient (Wildman–Crippen LogP) is 1.84. The Labute approximate surface area is 109 Å². The molecule has 0 aromatic rings. The maximum atomic E-state index is 11.0. The topological polar surface area (TPSA) is 60.7 Å². The lowest BCUT2D eigenvalue weighted by atomic mass is 9.42. The van der Waals surface area contributed by atoms with Gasteiger partial charge in [-0.1, -0.05) is 13.8 Å². The molecule has 3 atom stereocenters. The van der Waals surface area contributed by atoms with Crippen LogP contribution in [0.15, 0.2) is 0 Å². The van der Waals surface area contributed by atoms with Crippen LogP contribution in [0.25, 0.3) is 0 Å². The van der Waals surface area contributed by atoms with Gasteiger partial charge in [0, 0.05) is 11.8 Å². The van der Waals surface area contributed by atoms with Crippen LogP contribution in [0.4, 0.5) is 0 Å². The molecule has 4 bridgehead atoms. The summed E-state index contributed by atoms with van der Waals surface area (Å²) in [5, 5.41) is 32.4. The van der Waals surface area contributed by atoms with E-state index in [1.54, 1.807) is 0 Å². The summed E-state index contributed by atoms with van der Waals surface area (Å²) in [6, 6.07) is 0. The zero-order chi connectivity index (χ0) is 13.4. The Bertz CT molecular complexity index is 356. The van der Waals surface area contributed by atoms with Crippen LogP contribution in [0.5, 0.6) is 0 Å². The zero-order valence-corrected chi connectivity index (χ0v) is 11.7. The molecule has 18 heavy (non-hydrogen) atoms. The quantitative estimate of drug-likeness (QED) is 0.704. The molecular formula is C15H26O3. The number of aliphatic hydroxyl groups is 3. The third-order valence-electron chi connectivity index (χ3n) is 6.21. The van der Waals surface area contributed by atoms with Gasteiger partial charge in [-0.3, -0.25) is 0 Å². The summed E-state index contributed by atoms with van der Waals surface area (Å²) >= 11 is 0. The minimum atomic E-state index is -0.811. The third-order valence-corrected chi connectivity index (χ3v) is 6.21. The first-order chi connectivity index (χ1) is 8.10. The normalized spacial score (nSPS) is 53.8. The summed E-state index contributed by atoms with van der Waals surface area (Å²) in [6.45, 7) is 5.97. The molecule has 4 saturated carbocycles. The Kier molecular flexibility index (Phi) is 2.37. The molecule has 3 heteroatoms. The molecule has 0 spiro atoms. The highest BCUT2D eigenvalue weighted by molar-refractivity contribution is 5.18. The van der Waals surface area contributed by atoms with E-state index in [0.717, 1.165) is 19.3 Å². The standard InChI is InChI=1S/C15H26O3/c1-10(2)12(3,16)13-4-11-5-14(17,7-13)9-15(18,6-11)8-13/h10-11,16-18H,4-9H2,1-3H3. The van der Waals surface area contributed by atoms with Crippen LogP contribution in [-0.2, 0) is 0 Å². The van der Waals surface area contributed by atoms with E-state index in [1.165, 1.54) is 0 Å². The van der Waals surface area contributed by atoms with Gasteiger partial charge in [-0.25, -0.2) is 0 Å². The van der Waals surface area contributed by atoms with Crippen molar-refractivity contribution in [2.45, 2.75) is 76.1 Å². The molecule has 4 aliphatic rings. The molecule has 0 heterocycles. The predicted molar refractivity (Wildman–Crippen MR) is 69.0 cm³/mol. The Morgan fingerprint density at radius 2 is 1.50 bits per heavy atom. The van der Waals surface area contributed by atoms with Crippen LogP contribution in [-0.4, -0.2) is 32.1 Å². The summed E-state index contributed by atoms with van der Waals surface area (Å²) in [5.74, 6) is 0.516. The second-order valence-electron chi connectivity index (χ2n) is 8.04. The fraction of sp³-hybridized carbons (Fsp3) is 1.00. The molecule has 0 amide bonds. The van der Waals surface area contributed by atoms with E-state index >= 15 is 0 Å². The second-order valence-corrected chi connectivity index (χ2v) is 8.04. The van der Waals surface area contributed by atoms with Gasteiger partial charge in [0.15, 0.2) is 0 Å². The van der Waals surface area contributed by atoms with Gasteiger partial charge in [0.05, 0.1) is 16.8 Å². The molecule has 3 nitrogen and oxygen atoms in total. The van der Waals surface area contributed by atoms with Gasteiger partial charge in [-0.15, -0.1) is 0 Å². The Hall–Kier alpha value is -0.120. The molecule has 3 N–H and O–H groups in total. The maximum absolute atomic E-state index is 11.0. The summed E-state index contributed by atoms with van der Waals surface area (Å²) in [6.07, 6.45) is 4.40. The fourth-order valence-corrected chi connectivity index (χ4v) is 5.51. The minimum Gasteiger partial charge on any atom is -0.390 e. The molecule has 0 saturated heterocycles. The Balaban J connectivity index is 2.04. The lowest BCUT2D eigenvalue weighted by molar-refractivity contribution is -0.278. The van der Waals surface area contributed by atoms with Crippen molar-refractivity contribution in [3.63, 3.8) is 0 Å². The van der Waals surface area contributed by atoms with Gasteiger partial charge in [-0.05, 0) is 50.9 Å². The maximum Gasteiger partial charge on any atom is 0.0700 e. The number of hydrogen-bond acceptors (Lipinski definition) is 3. The van der Waals surface area contributed by atoms with Crippen molar-refractivity contribution in [3.05, 3.63) is 0 Å². The summed E-state index contributed by atoms with van der Waals surface area (Å²) in [5.41, 5.74) is -2.60. The van der Waals surface area contributed by atoms with Crippen LogP contribution < -0.4 is 0 Å². The van der Waals surface area contributed by atoms with E-state index in [2.05, 4.69) is 0 Å². The van der Waals surface area contributed by atoms with Gasteiger partial charge in [0.25, 0.3) is 0 Å². The Morgan fingerprint density at radius 1 is 1.00 bits per heavy atom. The van der Waals surface area contributed by atoms with Gasteiger partial charge in [0.1, 0.15) is 0 Å². The molecule has 0 aromatic heterocycles. The van der Waals surface area contributed by atoms with Crippen LogP contribution in [0, 0.1) is 17.3 Å². The van der Waals surface area contributed by atoms with E-state index in [4.69, 9.17) is 0 Å². The van der Waals surface area contributed by atoms with Crippen LogP contribution >= 0.6 is 0 Å². The molecule has 3 unspecified atom stereocenters. The van der Waals surface area contributed by atoms with Crippen LogP contribution in [0.3, 0.4) is 0 Å². The second kappa shape index (κ2) is 3.31. The highest BCUT2D eigenvalue weighted by Gasteiger charge is 2.67. The largest absolute Gasteiger partial charge is 0.390 e. The first kappa shape index (κ1) is 12.9. The zero-order valence-electron chi connectivity index (χ0n) is 11.7. The monoisotopic (exact) mass is 254 g/mol. The lowest BCUT2D eigenvalue weighted by Crippen LogP contribution is -2.69. The van der Waals surface area contributed by atoms with E-state index in [1.807, 2.05) is 20.8 Å². The van der Waals surface area contributed by atoms with E-state index < -0.39 is 16.8 Å². The SMILES string of the molecule is CC(C)C(C)(O)C12CC3CC(O)(CC(O)(C3)C1)C2. The first-order valence-corrected chi connectivity index (χ1v) is 7.27. The van der Waals surface area contributed by atoms with Crippen molar-refractivity contribution in [2.75, 3.05) is 0 Å². The highest BCUT2D eigenvalue weighted by Crippen LogP contribution is 2.67. The van der Waals surface area contributed by atoms with Crippen LogP contribution in [0.1, 0.15) is 59.3 Å². The molecule has 0 radical (unpaired) electrons. The first-order valence-electron chi connectivity index (χ1n) is 7.27. The minimum absolute atomic E-state index is 0.140. The van der Waals surface area contributed by atoms with Crippen molar-refractivity contribution in [1.29, 1.82) is 0 Å². The lowest BCUT2D eigenvalue weighted by Gasteiger charge is -2.67. The summed E-state index contributed by atoms with van der Waals surface area (Å²) in [7, 11) is 0. The number of rotatable bonds is 2. The van der Waals surface area contributed by atoms with Crippen LogP contribution in [0.2, 0.25) is 0 Å². The average Bonchev–Trinajstić information content (AvgIpc) is 2.10. The van der Waals surface area contributed by atoms with Crippen molar-refractivity contribution < 1.29 is 15.3 Å². The van der Waals surface area contributed by atoms with Gasteiger partial charge < -0.3 is 15.3 Å². The van der Waals surface area contributed by atoms with Gasteiger partial charge >= 0.3 is 0 Å². The van der Waals surface area contributed by atoms with Crippen molar-refractivity contribution >= 4 is 0 Å². The van der Waals surface area contributed by atoms with E-state index in [0.29, 0.717) is 25.2 Å². The van der Waals surface area contributed by atoms with Gasteiger partial charge in [0.2, 0.25) is 0 Å². The molecule has 0 aromatic carbocycles. The fourth-order valence-electron chi connectivity index (χ4n) is 5.51. The van der Waals surface area contributed by atoms with Gasteiger partial charge in [-0.2, -0.15) is 0 Å². The highest BCUT2D eigenvalue weighted by atomic mass is 16.3. The van der Waals surface area contributed by atoms with E-state index in [9.17, 15) is 15.3 Å². The summed E-state index contributed by atoms with van der Waals surface area (Å²) < 4.78 is 0. The smallest absolute Gasteiger partial charge is 0.0700 e.